The van der Waals surface area contributed by atoms with Crippen LogP contribution < -0.4 is 5.32 Å². The van der Waals surface area contributed by atoms with E-state index in [0.717, 1.165) is 12.8 Å². The Hall–Kier alpha value is -1.12. The fourth-order valence-electron chi connectivity index (χ4n) is 2.75. The van der Waals surface area contributed by atoms with Gasteiger partial charge in [-0.2, -0.15) is 11.3 Å². The number of hydrogen-bond donors (Lipinski definition) is 1. The van der Waals surface area contributed by atoms with Crippen LogP contribution >= 0.6 is 11.3 Å². The van der Waals surface area contributed by atoms with Gasteiger partial charge in [-0.25, -0.2) is 0 Å². The average Bonchev–Trinajstić information content (AvgIpc) is 2.84. The van der Waals surface area contributed by atoms with Gasteiger partial charge in [-0.15, -0.1) is 0 Å². The molecule has 0 saturated carbocycles. The van der Waals surface area contributed by atoms with Gasteiger partial charge in [0.2, 0.25) is 0 Å². The van der Waals surface area contributed by atoms with Gasteiger partial charge in [-0.3, -0.25) is 0 Å². The van der Waals surface area contributed by atoms with Crippen LogP contribution in [0.4, 0.5) is 0 Å². The monoisotopic (exact) mass is 273 g/mol. The Morgan fingerprint density at radius 1 is 1.11 bits per heavy atom. The van der Waals surface area contributed by atoms with Crippen LogP contribution in [0.2, 0.25) is 0 Å². The largest absolute Gasteiger partial charge is 0.316 e. The van der Waals surface area contributed by atoms with Gasteiger partial charge in [0.1, 0.15) is 0 Å². The number of nitrogens with one attached hydrogen (secondary N) is 1. The fraction of sp³-hybridized carbons (Fsp3) is 0.412. The van der Waals surface area contributed by atoms with E-state index >= 15 is 0 Å². The molecule has 0 aliphatic carbocycles. The molecule has 1 heterocycles. The van der Waals surface area contributed by atoms with Gasteiger partial charge in [-0.1, -0.05) is 17.7 Å². The zero-order valence-electron chi connectivity index (χ0n) is 12.3. The molecule has 0 aliphatic heterocycles. The van der Waals surface area contributed by atoms with Crippen molar-refractivity contribution < 1.29 is 0 Å². The van der Waals surface area contributed by atoms with E-state index in [4.69, 9.17) is 0 Å². The third kappa shape index (κ3) is 3.68. The maximum atomic E-state index is 3.46. The van der Waals surface area contributed by atoms with Crippen molar-refractivity contribution >= 4 is 11.3 Å². The highest BCUT2D eigenvalue weighted by atomic mass is 32.1. The summed E-state index contributed by atoms with van der Waals surface area (Å²) in [6.07, 6.45) is 2.21. The van der Waals surface area contributed by atoms with Crippen molar-refractivity contribution in [2.24, 2.45) is 0 Å². The summed E-state index contributed by atoms with van der Waals surface area (Å²) in [5.74, 6) is 0. The molecule has 1 aromatic heterocycles. The summed E-state index contributed by atoms with van der Waals surface area (Å²) in [4.78, 5) is 0. The molecule has 2 aromatic rings. The smallest absolute Gasteiger partial charge is 0.0145 e. The molecule has 0 spiro atoms. The maximum absolute atomic E-state index is 3.46. The van der Waals surface area contributed by atoms with Crippen LogP contribution in [0.15, 0.2) is 29.0 Å². The van der Waals surface area contributed by atoms with Crippen LogP contribution in [0.25, 0.3) is 0 Å². The third-order valence-corrected chi connectivity index (χ3v) is 4.49. The van der Waals surface area contributed by atoms with Crippen molar-refractivity contribution in [1.82, 2.24) is 5.32 Å². The topological polar surface area (TPSA) is 12.0 Å². The van der Waals surface area contributed by atoms with Crippen molar-refractivity contribution in [3.05, 3.63) is 56.8 Å². The lowest BCUT2D eigenvalue weighted by molar-refractivity contribution is 0.555. The van der Waals surface area contributed by atoms with E-state index in [2.05, 4.69) is 62.1 Å². The molecule has 1 unspecified atom stereocenters. The van der Waals surface area contributed by atoms with E-state index in [0.29, 0.717) is 6.04 Å². The molecule has 0 saturated heterocycles. The molecule has 0 radical (unpaired) electrons. The first-order chi connectivity index (χ1) is 9.10. The molecule has 0 amide bonds. The van der Waals surface area contributed by atoms with E-state index in [9.17, 15) is 0 Å². The maximum Gasteiger partial charge on any atom is 0.0145 e. The zero-order valence-corrected chi connectivity index (χ0v) is 13.1. The third-order valence-electron chi connectivity index (χ3n) is 3.76. The first-order valence-electron chi connectivity index (χ1n) is 6.85. The first-order valence-corrected chi connectivity index (χ1v) is 7.79. The van der Waals surface area contributed by atoms with Gasteiger partial charge < -0.3 is 5.32 Å². The van der Waals surface area contributed by atoms with Gasteiger partial charge in [0.05, 0.1) is 0 Å². The highest BCUT2D eigenvalue weighted by Crippen LogP contribution is 2.19. The van der Waals surface area contributed by atoms with E-state index in [1.165, 1.54) is 27.8 Å². The molecule has 102 valence electrons. The first kappa shape index (κ1) is 14.3. The second-order valence-corrected chi connectivity index (χ2v) is 6.18. The summed E-state index contributed by atoms with van der Waals surface area (Å²) in [6, 6.07) is 7.32. The Morgan fingerprint density at radius 3 is 2.32 bits per heavy atom. The molecule has 2 rings (SSSR count). The molecule has 1 N–H and O–H groups in total. The fourth-order valence-corrected chi connectivity index (χ4v) is 3.43. The summed E-state index contributed by atoms with van der Waals surface area (Å²) in [7, 11) is 2.07. The summed E-state index contributed by atoms with van der Waals surface area (Å²) < 4.78 is 0. The van der Waals surface area contributed by atoms with Gasteiger partial charge in [-0.05, 0) is 79.7 Å². The quantitative estimate of drug-likeness (QED) is 0.866. The van der Waals surface area contributed by atoms with E-state index in [1.54, 1.807) is 11.3 Å². The highest BCUT2D eigenvalue weighted by molar-refractivity contribution is 7.07. The molecular formula is C17H23NS. The van der Waals surface area contributed by atoms with Gasteiger partial charge in [0.25, 0.3) is 0 Å². The number of thiophene rings is 1. The second kappa shape index (κ2) is 6.36. The molecule has 1 aromatic carbocycles. The molecule has 1 atom stereocenters. The molecule has 0 bridgehead atoms. The molecule has 1 nitrogen and oxygen atoms in total. The Bertz CT molecular complexity index is 505. The molecule has 19 heavy (non-hydrogen) atoms. The van der Waals surface area contributed by atoms with Crippen LogP contribution in [0.5, 0.6) is 0 Å². The molecular weight excluding hydrogens is 250 g/mol. The summed E-state index contributed by atoms with van der Waals surface area (Å²) in [6.45, 7) is 6.63. The van der Waals surface area contributed by atoms with Crippen molar-refractivity contribution in [2.45, 2.75) is 39.7 Å². The molecule has 0 aliphatic rings. The minimum absolute atomic E-state index is 0.509. The average molecular weight is 273 g/mol. The van der Waals surface area contributed by atoms with Gasteiger partial charge in [0.15, 0.2) is 0 Å². The number of likely N-dealkylation sites (N-methyl/N-ethyl adjacent to an activating group) is 1. The summed E-state index contributed by atoms with van der Waals surface area (Å²) >= 11 is 1.78. The van der Waals surface area contributed by atoms with Crippen LogP contribution in [-0.2, 0) is 12.8 Å². The van der Waals surface area contributed by atoms with E-state index in [-0.39, 0.29) is 0 Å². The molecule has 0 fully saturated rings. The zero-order chi connectivity index (χ0) is 13.8. The SMILES string of the molecule is CNC(Cc1ccsc1)Cc1c(C)cc(C)cc1C. The predicted octanol–water partition coefficient (Wildman–Crippen LogP) is 4.05. The van der Waals surface area contributed by atoms with Crippen molar-refractivity contribution in [3.63, 3.8) is 0 Å². The lowest BCUT2D eigenvalue weighted by Crippen LogP contribution is -2.30. The Balaban J connectivity index is 2.14. The van der Waals surface area contributed by atoms with Crippen LogP contribution in [0.3, 0.4) is 0 Å². The van der Waals surface area contributed by atoms with Gasteiger partial charge in [0, 0.05) is 6.04 Å². The highest BCUT2D eigenvalue weighted by Gasteiger charge is 2.12. The van der Waals surface area contributed by atoms with Crippen LogP contribution in [0.1, 0.15) is 27.8 Å². The minimum atomic E-state index is 0.509. The lowest BCUT2D eigenvalue weighted by atomic mass is 9.92. The normalized spacial score (nSPS) is 12.6. The number of aryl methyl sites for hydroxylation is 3. The van der Waals surface area contributed by atoms with Crippen LogP contribution in [0, 0.1) is 20.8 Å². The van der Waals surface area contributed by atoms with Gasteiger partial charge >= 0.3 is 0 Å². The lowest BCUT2D eigenvalue weighted by Gasteiger charge is -2.19. The number of benzene rings is 1. The number of rotatable bonds is 5. The predicted molar refractivity (Wildman–Crippen MR) is 85.2 cm³/mol. The Labute approximate surface area is 120 Å². The van der Waals surface area contributed by atoms with E-state index in [1.807, 2.05) is 0 Å². The summed E-state index contributed by atoms with van der Waals surface area (Å²) in [5, 5.41) is 7.87. The van der Waals surface area contributed by atoms with Crippen molar-refractivity contribution in [1.29, 1.82) is 0 Å². The van der Waals surface area contributed by atoms with Crippen LogP contribution in [-0.4, -0.2) is 13.1 Å². The molecule has 2 heteroatoms. The van der Waals surface area contributed by atoms with Crippen molar-refractivity contribution in [2.75, 3.05) is 7.05 Å². The van der Waals surface area contributed by atoms with Crippen molar-refractivity contribution in [3.8, 4) is 0 Å². The number of hydrogen-bond acceptors (Lipinski definition) is 2. The van der Waals surface area contributed by atoms with E-state index < -0.39 is 0 Å². The standard InChI is InChI=1S/C17H23NS/c1-12-7-13(2)17(14(3)8-12)10-16(18-4)9-15-5-6-19-11-15/h5-8,11,16,18H,9-10H2,1-4H3. The minimum Gasteiger partial charge on any atom is -0.316 e. The second-order valence-electron chi connectivity index (χ2n) is 5.40. The Morgan fingerprint density at radius 2 is 1.79 bits per heavy atom. The Kier molecular flexibility index (Phi) is 4.78. The summed E-state index contributed by atoms with van der Waals surface area (Å²) in [5.41, 5.74) is 7.13.